The smallest absolute Gasteiger partial charge is 0.234 e. The van der Waals surface area contributed by atoms with Gasteiger partial charge in [0.25, 0.3) is 5.82 Å². The highest BCUT2D eigenvalue weighted by Gasteiger charge is 2.16. The summed E-state index contributed by atoms with van der Waals surface area (Å²) in [6, 6.07) is 11.0. The number of aromatic nitrogens is 2. The second-order valence-corrected chi connectivity index (χ2v) is 11.8. The molecule has 1 heterocycles. The number of unbranched alkanes of at least 4 members (excludes halogenated alkanes) is 18. The molecule has 2 aromatic rings. The van der Waals surface area contributed by atoms with Gasteiger partial charge in [-0.05, 0) is 37.7 Å². The Hall–Kier alpha value is -1.57. The summed E-state index contributed by atoms with van der Waals surface area (Å²) < 4.78 is 5.12. The maximum atomic E-state index is 2.56. The van der Waals surface area contributed by atoms with E-state index in [1.807, 2.05) is 0 Å². The van der Waals surface area contributed by atoms with Crippen molar-refractivity contribution >= 4 is 0 Å². The molecule has 0 fully saturated rings. The van der Waals surface area contributed by atoms with Gasteiger partial charge in [-0.15, -0.1) is 0 Å². The monoisotopic (exact) mass is 523 g/mol. The molecule has 38 heavy (non-hydrogen) atoms. The van der Waals surface area contributed by atoms with E-state index < -0.39 is 0 Å². The maximum absolute atomic E-state index is 2.56. The number of aryl methyl sites for hydroxylation is 3. The summed E-state index contributed by atoms with van der Waals surface area (Å²) in [4.78, 5) is 0. The minimum absolute atomic E-state index is 1.14. The van der Waals surface area contributed by atoms with Gasteiger partial charge < -0.3 is 0 Å². The van der Waals surface area contributed by atoms with Crippen LogP contribution in [-0.4, -0.2) is 4.57 Å². The number of imidazole rings is 1. The van der Waals surface area contributed by atoms with Crippen LogP contribution in [0.1, 0.15) is 160 Å². The Bertz CT molecular complexity index is 763. The van der Waals surface area contributed by atoms with Gasteiger partial charge in [-0.3, -0.25) is 0 Å². The summed E-state index contributed by atoms with van der Waals surface area (Å²) in [7, 11) is 0. The van der Waals surface area contributed by atoms with Crippen LogP contribution in [0.4, 0.5) is 0 Å². The van der Waals surface area contributed by atoms with Gasteiger partial charge in [0.15, 0.2) is 0 Å². The molecule has 2 heteroatoms. The van der Waals surface area contributed by atoms with E-state index in [4.69, 9.17) is 0 Å². The molecule has 0 saturated carbocycles. The van der Waals surface area contributed by atoms with Crippen LogP contribution < -0.4 is 4.57 Å². The summed E-state index contributed by atoms with van der Waals surface area (Å²) >= 11 is 0. The third-order valence-corrected chi connectivity index (χ3v) is 8.30. The lowest BCUT2D eigenvalue weighted by molar-refractivity contribution is -0.704. The Morgan fingerprint density at radius 1 is 0.526 bits per heavy atom. The van der Waals surface area contributed by atoms with Crippen LogP contribution in [0, 0.1) is 0 Å². The average Bonchev–Trinajstić information content (AvgIpc) is 3.32. The van der Waals surface area contributed by atoms with Crippen LogP contribution in [0.15, 0.2) is 42.7 Å². The normalized spacial score (nSPS) is 11.4. The Morgan fingerprint density at radius 3 is 1.58 bits per heavy atom. The van der Waals surface area contributed by atoms with Crippen LogP contribution in [-0.2, 0) is 25.9 Å². The predicted octanol–water partition coefficient (Wildman–Crippen LogP) is 10.8. The molecule has 1 aromatic carbocycles. The van der Waals surface area contributed by atoms with Crippen molar-refractivity contribution in [3.63, 3.8) is 0 Å². The molecule has 0 unspecified atom stereocenters. The average molecular weight is 524 g/mol. The van der Waals surface area contributed by atoms with Crippen molar-refractivity contribution in [3.8, 4) is 0 Å². The van der Waals surface area contributed by atoms with E-state index in [-0.39, 0.29) is 0 Å². The van der Waals surface area contributed by atoms with E-state index in [0.29, 0.717) is 0 Å². The predicted molar refractivity (Wildman–Crippen MR) is 167 cm³/mol. The summed E-state index contributed by atoms with van der Waals surface area (Å²) in [5.74, 6) is 1.56. The van der Waals surface area contributed by atoms with E-state index in [0.717, 1.165) is 6.54 Å². The third-order valence-electron chi connectivity index (χ3n) is 8.30. The summed E-state index contributed by atoms with van der Waals surface area (Å²) in [5, 5.41) is 0. The number of benzene rings is 1. The fourth-order valence-corrected chi connectivity index (χ4v) is 5.83. The minimum Gasteiger partial charge on any atom is -0.234 e. The van der Waals surface area contributed by atoms with Crippen molar-refractivity contribution in [2.45, 2.75) is 175 Å². The van der Waals surface area contributed by atoms with Crippen molar-refractivity contribution in [1.82, 2.24) is 4.57 Å². The molecule has 0 bridgehead atoms. The first-order valence-electron chi connectivity index (χ1n) is 17.0. The molecule has 2 nitrogen and oxygen atoms in total. The van der Waals surface area contributed by atoms with Crippen molar-refractivity contribution in [1.29, 1.82) is 0 Å². The largest absolute Gasteiger partial charge is 0.256 e. The van der Waals surface area contributed by atoms with Crippen LogP contribution in [0.2, 0.25) is 0 Å². The van der Waals surface area contributed by atoms with Crippen LogP contribution in [0.5, 0.6) is 0 Å². The van der Waals surface area contributed by atoms with Crippen molar-refractivity contribution in [2.24, 2.45) is 0 Å². The molecule has 0 spiro atoms. The first-order chi connectivity index (χ1) is 18.8. The molecule has 0 atom stereocenters. The number of hydrogen-bond acceptors (Lipinski definition) is 0. The molecule has 0 amide bonds. The van der Waals surface area contributed by atoms with Gasteiger partial charge in [-0.2, -0.15) is 0 Å². The van der Waals surface area contributed by atoms with Gasteiger partial charge in [0.2, 0.25) is 0 Å². The fourth-order valence-electron chi connectivity index (χ4n) is 5.83. The van der Waals surface area contributed by atoms with E-state index >= 15 is 0 Å². The molecular weight excluding hydrogens is 460 g/mol. The Balaban J connectivity index is 1.53. The Morgan fingerprint density at radius 2 is 1.03 bits per heavy atom. The van der Waals surface area contributed by atoms with Crippen molar-refractivity contribution < 1.29 is 4.57 Å². The van der Waals surface area contributed by atoms with Gasteiger partial charge >= 0.3 is 0 Å². The summed E-state index contributed by atoms with van der Waals surface area (Å²) in [6.45, 7) is 6.94. The van der Waals surface area contributed by atoms with E-state index in [1.165, 1.54) is 160 Å². The zero-order valence-corrected chi connectivity index (χ0v) is 25.6. The lowest BCUT2D eigenvalue weighted by Gasteiger charge is -2.07. The van der Waals surface area contributed by atoms with Crippen LogP contribution in [0.3, 0.4) is 0 Å². The second-order valence-electron chi connectivity index (χ2n) is 11.8. The SMILES string of the molecule is CCCCCCCCCCCCCCCCCCCc1n(CCCCC)cc[n+]1CCCc1ccccc1. The molecule has 0 radical (unpaired) electrons. The lowest BCUT2D eigenvalue weighted by Crippen LogP contribution is -2.37. The topological polar surface area (TPSA) is 8.81 Å². The van der Waals surface area contributed by atoms with E-state index in [9.17, 15) is 0 Å². The van der Waals surface area contributed by atoms with Gasteiger partial charge in [-0.1, -0.05) is 153 Å². The molecule has 1 aromatic heterocycles. The number of nitrogens with zero attached hydrogens (tertiary/aromatic N) is 2. The standard InChI is InChI=1S/C36H63N2/c1-3-5-7-8-9-10-11-12-13-14-15-16-17-18-19-20-24-30-36-37(31-25-6-4-2)33-34-38(36)32-26-29-35-27-22-21-23-28-35/h21-23,27-28,33-34H,3-20,24-26,29-32H2,1-2H3/q+1. The number of hydrogen-bond donors (Lipinski definition) is 0. The minimum atomic E-state index is 1.14. The number of rotatable bonds is 26. The second kappa shape index (κ2) is 23.3. The van der Waals surface area contributed by atoms with Gasteiger partial charge in [0, 0.05) is 6.42 Å². The highest BCUT2D eigenvalue weighted by atomic mass is 15.1. The Kier molecular flexibility index (Phi) is 20.0. The maximum Gasteiger partial charge on any atom is 0.256 e. The molecule has 2 rings (SSSR count). The molecule has 0 aliphatic rings. The van der Waals surface area contributed by atoms with Gasteiger partial charge in [0.05, 0.1) is 13.1 Å². The van der Waals surface area contributed by atoms with E-state index in [2.05, 4.69) is 65.7 Å². The van der Waals surface area contributed by atoms with Crippen LogP contribution in [0.25, 0.3) is 0 Å². The van der Waals surface area contributed by atoms with Gasteiger partial charge in [0.1, 0.15) is 12.4 Å². The highest BCUT2D eigenvalue weighted by Crippen LogP contribution is 2.15. The molecule has 0 aliphatic heterocycles. The first-order valence-corrected chi connectivity index (χ1v) is 17.0. The van der Waals surface area contributed by atoms with Crippen molar-refractivity contribution in [2.75, 3.05) is 0 Å². The third kappa shape index (κ3) is 15.7. The Labute approximate surface area is 237 Å². The molecule has 0 aliphatic carbocycles. The highest BCUT2D eigenvalue weighted by molar-refractivity contribution is 5.14. The summed E-state index contributed by atoms with van der Waals surface area (Å²) in [6.07, 6.45) is 36.8. The lowest BCUT2D eigenvalue weighted by atomic mass is 10.0. The molecule has 0 N–H and O–H groups in total. The fraction of sp³-hybridized carbons (Fsp3) is 0.750. The zero-order valence-electron chi connectivity index (χ0n) is 25.6. The van der Waals surface area contributed by atoms with E-state index in [1.54, 1.807) is 5.82 Å². The van der Waals surface area contributed by atoms with Crippen LogP contribution >= 0.6 is 0 Å². The molecule has 0 saturated heterocycles. The van der Waals surface area contributed by atoms with Gasteiger partial charge in [-0.25, -0.2) is 9.13 Å². The molecular formula is C36H63N2+. The quantitative estimate of drug-likeness (QED) is 0.0856. The molecule has 216 valence electrons. The zero-order chi connectivity index (χ0) is 26.9. The summed E-state index contributed by atoms with van der Waals surface area (Å²) in [5.41, 5.74) is 1.46. The first kappa shape index (κ1) is 32.6. The van der Waals surface area contributed by atoms with Crippen molar-refractivity contribution in [3.05, 3.63) is 54.1 Å².